The Morgan fingerprint density at radius 3 is 2.48 bits per heavy atom. The van der Waals surface area contributed by atoms with E-state index in [1.165, 1.54) is 26.4 Å². The molecule has 3 heterocycles. The SMILES string of the molecule is COC(=O)N1CCN(C(=O)[C@@H]2CN(c3ccc(=O)[nH]n3)C[C@H]2c2ccc(OC)cc2F)CCCC1c1ccc(Cl)cc1. The van der Waals surface area contributed by atoms with Gasteiger partial charge in [0.15, 0.2) is 0 Å². The number of methoxy groups -OCH3 is 2. The molecule has 2 fully saturated rings. The number of hydrogen-bond donors (Lipinski definition) is 1. The van der Waals surface area contributed by atoms with Gasteiger partial charge in [-0.05, 0) is 48.2 Å². The van der Waals surface area contributed by atoms with Crippen molar-refractivity contribution >= 4 is 29.4 Å². The Morgan fingerprint density at radius 2 is 1.81 bits per heavy atom. The maximum Gasteiger partial charge on any atom is 0.410 e. The van der Waals surface area contributed by atoms with Gasteiger partial charge in [-0.3, -0.25) is 14.5 Å². The van der Waals surface area contributed by atoms with E-state index >= 15 is 4.39 Å². The molecule has 2 aromatic carbocycles. The van der Waals surface area contributed by atoms with Crippen molar-refractivity contribution in [1.82, 2.24) is 20.0 Å². The van der Waals surface area contributed by atoms with Crippen LogP contribution in [0.4, 0.5) is 15.0 Å². The maximum absolute atomic E-state index is 15.3. The summed E-state index contributed by atoms with van der Waals surface area (Å²) in [6.07, 6.45) is 0.792. The number of halogens is 2. The van der Waals surface area contributed by atoms with Crippen LogP contribution in [0, 0.1) is 11.7 Å². The molecule has 222 valence electrons. The van der Waals surface area contributed by atoms with Gasteiger partial charge in [0, 0.05) is 55.8 Å². The molecule has 2 amide bonds. The highest BCUT2D eigenvalue weighted by Crippen LogP contribution is 2.38. The average molecular weight is 598 g/mol. The van der Waals surface area contributed by atoms with E-state index in [4.69, 9.17) is 21.1 Å². The van der Waals surface area contributed by atoms with Crippen LogP contribution in [0.25, 0.3) is 0 Å². The van der Waals surface area contributed by atoms with Crippen molar-refractivity contribution in [3.8, 4) is 5.75 Å². The largest absolute Gasteiger partial charge is 0.497 e. The van der Waals surface area contributed by atoms with Gasteiger partial charge in [0.1, 0.15) is 17.4 Å². The molecule has 0 radical (unpaired) electrons. The molecule has 1 aromatic heterocycles. The second-order valence-electron chi connectivity index (χ2n) is 10.5. The Labute approximate surface area is 248 Å². The van der Waals surface area contributed by atoms with Crippen molar-refractivity contribution in [3.05, 3.63) is 86.9 Å². The summed E-state index contributed by atoms with van der Waals surface area (Å²) in [5, 5.41) is 7.18. The van der Waals surface area contributed by atoms with Gasteiger partial charge in [-0.1, -0.05) is 29.8 Å². The number of nitrogens with zero attached hydrogens (tertiary/aromatic N) is 4. The molecule has 2 aliphatic rings. The average Bonchev–Trinajstić information content (AvgIpc) is 3.42. The van der Waals surface area contributed by atoms with Crippen LogP contribution in [-0.4, -0.2) is 78.9 Å². The van der Waals surface area contributed by atoms with E-state index in [-0.39, 0.29) is 24.1 Å². The van der Waals surface area contributed by atoms with Crippen molar-refractivity contribution in [3.63, 3.8) is 0 Å². The van der Waals surface area contributed by atoms with Crippen molar-refractivity contribution in [2.45, 2.75) is 24.8 Å². The number of carbonyl (C=O) groups excluding carboxylic acids is 2. The Balaban J connectivity index is 1.40. The molecule has 12 heteroatoms. The van der Waals surface area contributed by atoms with E-state index in [9.17, 15) is 14.4 Å². The lowest BCUT2D eigenvalue weighted by molar-refractivity contribution is -0.136. The molecule has 1 N–H and O–H groups in total. The summed E-state index contributed by atoms with van der Waals surface area (Å²) in [5.74, 6) is -0.751. The van der Waals surface area contributed by atoms with E-state index in [1.807, 2.05) is 17.0 Å². The van der Waals surface area contributed by atoms with Gasteiger partial charge in [-0.15, -0.1) is 0 Å². The number of benzene rings is 2. The number of anilines is 1. The zero-order valence-electron chi connectivity index (χ0n) is 23.5. The molecule has 3 atom stereocenters. The van der Waals surface area contributed by atoms with Crippen molar-refractivity contribution in [2.75, 3.05) is 51.8 Å². The monoisotopic (exact) mass is 597 g/mol. The van der Waals surface area contributed by atoms with Gasteiger partial charge in [0.2, 0.25) is 5.91 Å². The molecule has 0 bridgehead atoms. The van der Waals surface area contributed by atoms with Gasteiger partial charge in [-0.2, -0.15) is 5.10 Å². The third-order valence-corrected chi connectivity index (χ3v) is 8.35. The summed E-state index contributed by atoms with van der Waals surface area (Å²) in [4.78, 5) is 43.9. The number of nitrogens with one attached hydrogen (secondary N) is 1. The van der Waals surface area contributed by atoms with E-state index in [0.29, 0.717) is 61.2 Å². The first-order valence-electron chi connectivity index (χ1n) is 13.8. The van der Waals surface area contributed by atoms with Crippen molar-refractivity contribution < 1.29 is 23.5 Å². The molecule has 0 saturated carbocycles. The molecular weight excluding hydrogens is 565 g/mol. The number of ether oxygens (including phenoxy) is 2. The normalized spacial score (nSPS) is 21.0. The summed E-state index contributed by atoms with van der Waals surface area (Å²) < 4.78 is 25.6. The van der Waals surface area contributed by atoms with Gasteiger partial charge in [0.05, 0.1) is 26.2 Å². The fraction of sp³-hybridized carbons (Fsp3) is 0.400. The first kappa shape index (κ1) is 29.4. The molecule has 2 aliphatic heterocycles. The summed E-state index contributed by atoms with van der Waals surface area (Å²) in [6, 6.07) is 14.8. The molecule has 3 aromatic rings. The molecule has 0 aliphatic carbocycles. The minimum absolute atomic E-state index is 0.128. The lowest BCUT2D eigenvalue weighted by Gasteiger charge is -2.37. The summed E-state index contributed by atoms with van der Waals surface area (Å²) in [6.45, 7) is 1.68. The van der Waals surface area contributed by atoms with Crippen molar-refractivity contribution in [2.24, 2.45) is 5.92 Å². The first-order valence-corrected chi connectivity index (χ1v) is 14.2. The van der Waals surface area contributed by atoms with Crippen LogP contribution < -0.4 is 15.2 Å². The van der Waals surface area contributed by atoms with Crippen LogP contribution >= 0.6 is 11.6 Å². The van der Waals surface area contributed by atoms with E-state index < -0.39 is 23.7 Å². The number of amides is 2. The quantitative estimate of drug-likeness (QED) is 0.469. The number of carbonyl (C=O) groups is 2. The van der Waals surface area contributed by atoms with Gasteiger partial charge in [-0.25, -0.2) is 14.3 Å². The van der Waals surface area contributed by atoms with Gasteiger partial charge in [0.25, 0.3) is 5.56 Å². The van der Waals surface area contributed by atoms with Gasteiger partial charge >= 0.3 is 6.09 Å². The fourth-order valence-electron chi connectivity index (χ4n) is 5.95. The summed E-state index contributed by atoms with van der Waals surface area (Å²) >= 11 is 6.09. The lowest BCUT2D eigenvalue weighted by Crippen LogP contribution is -2.47. The summed E-state index contributed by atoms with van der Waals surface area (Å²) in [5.41, 5.74) is 1.02. The number of hydrogen-bond acceptors (Lipinski definition) is 7. The zero-order chi connectivity index (χ0) is 29.8. The number of rotatable bonds is 5. The van der Waals surface area contributed by atoms with Crippen molar-refractivity contribution in [1.29, 1.82) is 0 Å². The zero-order valence-corrected chi connectivity index (χ0v) is 24.2. The minimum atomic E-state index is -0.584. The smallest absolute Gasteiger partial charge is 0.410 e. The van der Waals surface area contributed by atoms with Crippen LogP contribution in [0.5, 0.6) is 5.75 Å². The highest BCUT2D eigenvalue weighted by Gasteiger charge is 2.42. The molecule has 10 nitrogen and oxygen atoms in total. The van der Waals surface area contributed by atoms with Gasteiger partial charge < -0.3 is 19.3 Å². The third kappa shape index (κ3) is 6.20. The van der Waals surface area contributed by atoms with Crippen LogP contribution in [0.1, 0.15) is 35.9 Å². The Bertz CT molecular complexity index is 1470. The molecule has 0 spiro atoms. The van der Waals surface area contributed by atoms with Crippen LogP contribution in [0.15, 0.2) is 59.4 Å². The standard InChI is InChI=1S/C30H33ClFN5O5/c1-41-21-9-10-22(25(32)16-21)23-17-36(27-11-12-28(38)34-33-27)18-24(23)29(39)35-13-3-4-26(19-5-7-20(31)8-6-19)37(15-14-35)30(40)42-2/h5-12,16,23-24,26H,3-4,13-15,17-18H2,1-2H3,(H,34,38)/t23-,24+,26?/m0/s1. The van der Waals surface area contributed by atoms with Crippen LogP contribution in [0.3, 0.4) is 0 Å². The predicted molar refractivity (Wildman–Crippen MR) is 155 cm³/mol. The lowest BCUT2D eigenvalue weighted by atomic mass is 9.87. The number of aromatic amines is 1. The Morgan fingerprint density at radius 1 is 1.02 bits per heavy atom. The van der Waals surface area contributed by atoms with E-state index in [0.717, 1.165) is 5.56 Å². The number of aromatic nitrogens is 2. The molecule has 5 rings (SSSR count). The van der Waals surface area contributed by atoms with E-state index in [1.54, 1.807) is 40.1 Å². The third-order valence-electron chi connectivity index (χ3n) is 8.10. The molecule has 2 saturated heterocycles. The highest BCUT2D eigenvalue weighted by atomic mass is 35.5. The second kappa shape index (κ2) is 12.8. The number of H-pyrrole nitrogens is 1. The minimum Gasteiger partial charge on any atom is -0.497 e. The topological polar surface area (TPSA) is 108 Å². The van der Waals surface area contributed by atoms with Crippen LogP contribution in [-0.2, 0) is 9.53 Å². The molecule has 1 unspecified atom stereocenters. The Hall–Kier alpha value is -4.12. The maximum atomic E-state index is 15.3. The van der Waals surface area contributed by atoms with E-state index in [2.05, 4.69) is 10.2 Å². The highest BCUT2D eigenvalue weighted by molar-refractivity contribution is 6.30. The Kier molecular flexibility index (Phi) is 8.96. The second-order valence-corrected chi connectivity index (χ2v) is 10.9. The van der Waals surface area contributed by atoms with Crippen LogP contribution in [0.2, 0.25) is 5.02 Å². The fourth-order valence-corrected chi connectivity index (χ4v) is 6.08. The summed E-state index contributed by atoms with van der Waals surface area (Å²) in [7, 11) is 2.81. The molecule has 42 heavy (non-hydrogen) atoms. The predicted octanol–water partition coefficient (Wildman–Crippen LogP) is 4.22. The first-order chi connectivity index (χ1) is 20.3. The molecular formula is C30H33ClFN5O5.